The maximum Gasteiger partial charge on any atom is 0.160 e. The Kier molecular flexibility index (Phi) is 25.7. The molecule has 1 aliphatic heterocycles. The van der Waals surface area contributed by atoms with Gasteiger partial charge in [-0.2, -0.15) is 0 Å². The molecule has 242 valence electrons. The predicted molar refractivity (Wildman–Crippen MR) is 180 cm³/mol. The second kappa shape index (κ2) is 27.2. The highest BCUT2D eigenvalue weighted by atomic mass is 32.1. The predicted octanol–water partition coefficient (Wildman–Crippen LogP) is 9.57. The molecule has 0 bridgehead atoms. The van der Waals surface area contributed by atoms with Gasteiger partial charge in [-0.1, -0.05) is 142 Å². The summed E-state index contributed by atoms with van der Waals surface area (Å²) >= 11 is 10.8. The van der Waals surface area contributed by atoms with Gasteiger partial charge in [-0.15, -0.1) is 0 Å². The molecule has 0 aliphatic carbocycles. The van der Waals surface area contributed by atoms with E-state index in [1.165, 1.54) is 116 Å². The highest BCUT2D eigenvalue weighted by Gasteiger charge is 2.42. The molecule has 5 nitrogen and oxygen atoms in total. The lowest BCUT2D eigenvalue weighted by Crippen LogP contribution is -2.42. The zero-order valence-corrected chi connectivity index (χ0v) is 28.3. The van der Waals surface area contributed by atoms with Gasteiger partial charge < -0.3 is 24.4 Å². The molecule has 1 rings (SSSR count). The zero-order chi connectivity index (χ0) is 30.0. The molecule has 0 spiro atoms. The van der Waals surface area contributed by atoms with Crippen molar-refractivity contribution in [2.24, 2.45) is 0 Å². The van der Waals surface area contributed by atoms with Crippen LogP contribution in [0.4, 0.5) is 0 Å². The number of aliphatic hydroxyl groups is 2. The largest absolute Gasteiger partial charge is 0.484 e. The van der Waals surface area contributed by atoms with Crippen LogP contribution in [0.2, 0.25) is 0 Å². The van der Waals surface area contributed by atoms with Crippen LogP contribution in [-0.2, 0) is 14.2 Å². The Balaban J connectivity index is 2.03. The van der Waals surface area contributed by atoms with Crippen molar-refractivity contribution >= 4 is 34.5 Å². The van der Waals surface area contributed by atoms with Crippen molar-refractivity contribution in [3.8, 4) is 0 Å². The Bertz CT molecular complexity index is 632. The molecule has 0 aromatic heterocycles. The fraction of sp³-hybridized carbons (Fsp3) is 0.941. The summed E-state index contributed by atoms with van der Waals surface area (Å²) in [5.41, 5.74) is 0. The Morgan fingerprint density at radius 3 is 1.49 bits per heavy atom. The number of rotatable bonds is 28. The maximum atomic E-state index is 10.7. The third-order valence-corrected chi connectivity index (χ3v) is 8.84. The highest BCUT2D eigenvalue weighted by Crippen LogP contribution is 2.22. The first kappa shape index (κ1) is 38.7. The molecule has 0 aromatic carbocycles. The topological polar surface area (TPSA) is 68.2 Å². The monoisotopic (exact) mass is 616 g/mol. The molecule has 4 atom stereocenters. The minimum absolute atomic E-state index is 0.0223. The number of ether oxygens (including phenoxy) is 3. The van der Waals surface area contributed by atoms with Crippen LogP contribution in [0.3, 0.4) is 0 Å². The number of hydrogen-bond donors (Lipinski definition) is 2. The van der Waals surface area contributed by atoms with Gasteiger partial charge in [0.15, 0.2) is 16.2 Å². The quantitative estimate of drug-likeness (QED) is 0.0670. The van der Waals surface area contributed by atoms with E-state index in [-0.39, 0.29) is 13.2 Å². The average molecular weight is 617 g/mol. The van der Waals surface area contributed by atoms with Crippen molar-refractivity contribution in [3.05, 3.63) is 0 Å². The molecular weight excluding hydrogens is 553 g/mol. The molecule has 0 unspecified atom stereocenters. The molecule has 41 heavy (non-hydrogen) atoms. The number of thiocarbonyl (C=S) groups is 2. The zero-order valence-electron chi connectivity index (χ0n) is 26.6. The lowest BCUT2D eigenvalue weighted by molar-refractivity contribution is -0.0657. The Hall–Kier alpha value is -0.340. The molecule has 0 amide bonds. The third-order valence-electron chi connectivity index (χ3n) is 8.22. The first-order valence-corrected chi connectivity index (χ1v) is 18.1. The van der Waals surface area contributed by atoms with Crippen LogP contribution < -0.4 is 0 Å². The van der Waals surface area contributed by atoms with Crippen molar-refractivity contribution in [2.75, 3.05) is 13.2 Å². The van der Waals surface area contributed by atoms with E-state index < -0.39 is 24.4 Å². The molecule has 7 heteroatoms. The molecule has 2 N–H and O–H groups in total. The van der Waals surface area contributed by atoms with E-state index in [9.17, 15) is 10.2 Å². The van der Waals surface area contributed by atoms with Gasteiger partial charge in [0.1, 0.15) is 24.9 Å². The van der Waals surface area contributed by atoms with E-state index in [2.05, 4.69) is 13.8 Å². The normalized spacial score (nSPS) is 19.4. The smallest absolute Gasteiger partial charge is 0.160 e. The summed E-state index contributed by atoms with van der Waals surface area (Å²) in [6.07, 6.45) is 26.7. The lowest BCUT2D eigenvalue weighted by Gasteiger charge is -2.23. The fourth-order valence-electron chi connectivity index (χ4n) is 5.50. The van der Waals surface area contributed by atoms with E-state index in [1.807, 2.05) is 0 Å². The van der Waals surface area contributed by atoms with Gasteiger partial charge >= 0.3 is 0 Å². The van der Waals surface area contributed by atoms with E-state index in [4.69, 9.17) is 38.6 Å². The summed E-state index contributed by atoms with van der Waals surface area (Å²) in [4.78, 5) is 0. The number of aliphatic hydroxyl groups excluding tert-OH is 2. The van der Waals surface area contributed by atoms with Gasteiger partial charge in [-0.3, -0.25) is 0 Å². The first-order valence-electron chi connectivity index (χ1n) is 17.3. The van der Waals surface area contributed by atoms with Crippen molar-refractivity contribution in [3.63, 3.8) is 0 Å². The van der Waals surface area contributed by atoms with E-state index in [0.29, 0.717) is 10.1 Å². The molecule has 1 heterocycles. The van der Waals surface area contributed by atoms with E-state index in [0.717, 1.165) is 38.5 Å². The second-order valence-electron chi connectivity index (χ2n) is 12.1. The van der Waals surface area contributed by atoms with Crippen LogP contribution in [0.25, 0.3) is 0 Å². The molecule has 0 saturated carbocycles. The van der Waals surface area contributed by atoms with Crippen molar-refractivity contribution in [1.29, 1.82) is 0 Å². The Morgan fingerprint density at radius 2 is 1.05 bits per heavy atom. The van der Waals surface area contributed by atoms with Gasteiger partial charge in [-0.05, 0) is 37.3 Å². The number of unbranched alkanes of at least 4 members (excludes halogenated alkanes) is 20. The lowest BCUT2D eigenvalue weighted by atomic mass is 10.1. The summed E-state index contributed by atoms with van der Waals surface area (Å²) in [6, 6.07) is 0. The van der Waals surface area contributed by atoms with Crippen molar-refractivity contribution in [1.82, 2.24) is 0 Å². The Labute approximate surface area is 263 Å². The molecule has 1 saturated heterocycles. The van der Waals surface area contributed by atoms with E-state index >= 15 is 0 Å². The molecule has 0 radical (unpaired) electrons. The molecule has 1 aliphatic rings. The molecular formula is C34H64O5S2. The highest BCUT2D eigenvalue weighted by molar-refractivity contribution is 7.80. The van der Waals surface area contributed by atoms with Gasteiger partial charge in [0.2, 0.25) is 0 Å². The van der Waals surface area contributed by atoms with E-state index in [1.54, 1.807) is 0 Å². The maximum absolute atomic E-state index is 10.7. The van der Waals surface area contributed by atoms with Crippen molar-refractivity contribution < 1.29 is 24.4 Å². The second-order valence-corrected chi connectivity index (χ2v) is 13.0. The van der Waals surface area contributed by atoms with Crippen LogP contribution in [0.15, 0.2) is 0 Å². The minimum Gasteiger partial charge on any atom is -0.484 e. The number of hydrogen-bond acceptors (Lipinski definition) is 7. The molecule has 0 aromatic rings. The van der Waals surface area contributed by atoms with Crippen LogP contribution in [0.5, 0.6) is 0 Å². The van der Waals surface area contributed by atoms with Gasteiger partial charge in [0, 0.05) is 12.8 Å². The summed E-state index contributed by atoms with van der Waals surface area (Å²) < 4.78 is 17.1. The summed E-state index contributed by atoms with van der Waals surface area (Å²) in [5, 5.41) is 22.2. The van der Waals surface area contributed by atoms with Gasteiger partial charge in [-0.25, -0.2) is 0 Å². The summed E-state index contributed by atoms with van der Waals surface area (Å²) in [6.45, 7) is 4.75. The van der Waals surface area contributed by atoms with Crippen molar-refractivity contribution in [2.45, 2.75) is 192 Å². The fourth-order valence-corrected chi connectivity index (χ4v) is 5.98. The summed E-state index contributed by atoms with van der Waals surface area (Å²) in [7, 11) is 0. The molecule has 1 fully saturated rings. The third kappa shape index (κ3) is 21.1. The summed E-state index contributed by atoms with van der Waals surface area (Å²) in [5.74, 6) is 0. The SMILES string of the molecule is CCCCCCCCCCCCCC(=S)OC[C@@H](O)[C@@H]1OC[C@H](OC(=S)CCCCCCCCCCCCC)[C@@H]1O. The Morgan fingerprint density at radius 1 is 0.659 bits per heavy atom. The van der Waals surface area contributed by atoms with Crippen LogP contribution >= 0.6 is 24.4 Å². The van der Waals surface area contributed by atoms with Crippen LogP contribution in [-0.4, -0.2) is 57.9 Å². The van der Waals surface area contributed by atoms with Gasteiger partial charge in [0.25, 0.3) is 0 Å². The average Bonchev–Trinajstić information content (AvgIpc) is 3.32. The first-order chi connectivity index (χ1) is 20.0. The van der Waals surface area contributed by atoms with Crippen LogP contribution in [0, 0.1) is 0 Å². The van der Waals surface area contributed by atoms with Crippen LogP contribution in [0.1, 0.15) is 168 Å². The minimum atomic E-state index is -0.964. The standard InChI is InChI=1S/C34H64O5S2/c1-3-5-7-9-11-13-15-17-19-21-23-25-31(40)37-27-29(35)34-33(36)30(28-38-34)39-32(41)26-24-22-20-18-16-14-12-10-8-6-4-2/h29-30,33-36H,3-28H2,1-2H3/t29-,30+,33+,34+/m1/s1. The van der Waals surface area contributed by atoms with Gasteiger partial charge in [0.05, 0.1) is 6.61 Å².